The Kier molecular flexibility index (Phi) is 3.20. The average Bonchev–Trinajstić information content (AvgIpc) is 2.29. The Balaban J connectivity index is 2.75. The first-order valence-electron chi connectivity index (χ1n) is 3.93. The minimum Gasteiger partial charge on any atom is -0.326 e. The van der Waals surface area contributed by atoms with Crippen LogP contribution in [0.2, 0.25) is 0 Å². The van der Waals surface area contributed by atoms with Gasteiger partial charge in [0.05, 0.1) is 5.69 Å². The summed E-state index contributed by atoms with van der Waals surface area (Å²) in [4.78, 5) is 7.73. The lowest BCUT2D eigenvalue weighted by Gasteiger charge is -2.04. The fourth-order valence-corrected chi connectivity index (χ4v) is 2.08. The van der Waals surface area contributed by atoms with Crippen molar-refractivity contribution in [2.75, 3.05) is 14.1 Å². The Hall–Kier alpha value is -0.450. The van der Waals surface area contributed by atoms with E-state index in [0.29, 0.717) is 6.54 Å². The van der Waals surface area contributed by atoms with Gasteiger partial charge >= 0.3 is 0 Å². The Morgan fingerprint density at radius 2 is 2.17 bits per heavy atom. The van der Waals surface area contributed by atoms with Gasteiger partial charge in [-0.05, 0) is 21.0 Å². The zero-order chi connectivity index (χ0) is 9.14. The van der Waals surface area contributed by atoms with E-state index in [2.05, 4.69) is 9.88 Å². The van der Waals surface area contributed by atoms with Crippen molar-refractivity contribution in [1.29, 1.82) is 0 Å². The van der Waals surface area contributed by atoms with Crippen LogP contribution < -0.4 is 5.73 Å². The average molecular weight is 185 g/mol. The number of rotatable bonds is 3. The monoisotopic (exact) mass is 185 g/mol. The summed E-state index contributed by atoms with van der Waals surface area (Å²) in [5, 5.41) is 1.15. The van der Waals surface area contributed by atoms with E-state index in [-0.39, 0.29) is 0 Å². The highest BCUT2D eigenvalue weighted by molar-refractivity contribution is 7.11. The van der Waals surface area contributed by atoms with Crippen molar-refractivity contribution in [3.8, 4) is 0 Å². The summed E-state index contributed by atoms with van der Waals surface area (Å²) >= 11 is 1.71. The van der Waals surface area contributed by atoms with E-state index in [9.17, 15) is 0 Å². The number of nitrogens with two attached hydrogens (primary N) is 1. The van der Waals surface area contributed by atoms with Crippen LogP contribution in [-0.4, -0.2) is 24.0 Å². The number of hydrogen-bond acceptors (Lipinski definition) is 4. The van der Waals surface area contributed by atoms with Crippen LogP contribution >= 0.6 is 11.3 Å². The van der Waals surface area contributed by atoms with Gasteiger partial charge in [0.2, 0.25) is 0 Å². The predicted octanol–water partition coefficient (Wildman–Crippen LogP) is 0.972. The maximum atomic E-state index is 5.55. The first-order valence-corrected chi connectivity index (χ1v) is 4.75. The molecule has 0 saturated carbocycles. The fraction of sp³-hybridized carbons (Fsp3) is 0.625. The Morgan fingerprint density at radius 3 is 2.58 bits per heavy atom. The summed E-state index contributed by atoms with van der Waals surface area (Å²) in [5.74, 6) is 0. The number of hydrogen-bond donors (Lipinski definition) is 1. The molecule has 0 bridgehead atoms. The minimum atomic E-state index is 0.608. The zero-order valence-corrected chi connectivity index (χ0v) is 8.61. The Labute approximate surface area is 77.2 Å². The molecular formula is C8H15N3S. The highest BCUT2D eigenvalue weighted by Gasteiger charge is 2.05. The Morgan fingerprint density at radius 1 is 1.50 bits per heavy atom. The molecule has 1 rings (SSSR count). The molecule has 1 aromatic rings. The van der Waals surface area contributed by atoms with E-state index < -0.39 is 0 Å². The van der Waals surface area contributed by atoms with Gasteiger partial charge in [0, 0.05) is 18.0 Å². The number of aromatic nitrogens is 1. The lowest BCUT2D eigenvalue weighted by molar-refractivity contribution is 0.401. The lowest BCUT2D eigenvalue weighted by atomic mass is 10.4. The van der Waals surface area contributed by atoms with Crippen LogP contribution in [0.3, 0.4) is 0 Å². The summed E-state index contributed by atoms with van der Waals surface area (Å²) in [7, 11) is 4.08. The van der Waals surface area contributed by atoms with Crippen molar-refractivity contribution < 1.29 is 0 Å². The van der Waals surface area contributed by atoms with Gasteiger partial charge in [-0.2, -0.15) is 0 Å². The molecule has 0 amide bonds. The van der Waals surface area contributed by atoms with E-state index in [4.69, 9.17) is 5.73 Å². The quantitative estimate of drug-likeness (QED) is 0.763. The van der Waals surface area contributed by atoms with Gasteiger partial charge in [-0.1, -0.05) is 0 Å². The Bertz CT molecular complexity index is 255. The smallest absolute Gasteiger partial charge is 0.107 e. The normalized spacial score (nSPS) is 11.1. The summed E-state index contributed by atoms with van der Waals surface area (Å²) in [6.45, 7) is 3.53. The molecule has 0 fully saturated rings. The largest absolute Gasteiger partial charge is 0.326 e. The topological polar surface area (TPSA) is 42.2 Å². The summed E-state index contributed by atoms with van der Waals surface area (Å²) < 4.78 is 0. The summed E-state index contributed by atoms with van der Waals surface area (Å²) in [6, 6.07) is 0. The molecule has 3 nitrogen and oxygen atoms in total. The molecule has 1 aromatic heterocycles. The second kappa shape index (κ2) is 3.98. The van der Waals surface area contributed by atoms with Crippen molar-refractivity contribution in [1.82, 2.24) is 9.88 Å². The third-order valence-corrected chi connectivity index (χ3v) is 2.74. The first kappa shape index (κ1) is 9.64. The van der Waals surface area contributed by atoms with Crippen LogP contribution in [0.1, 0.15) is 15.6 Å². The predicted molar refractivity (Wildman–Crippen MR) is 52.1 cm³/mol. The lowest BCUT2D eigenvalue weighted by Crippen LogP contribution is -2.10. The van der Waals surface area contributed by atoms with Gasteiger partial charge in [-0.15, -0.1) is 11.3 Å². The molecule has 12 heavy (non-hydrogen) atoms. The molecule has 0 saturated heterocycles. The van der Waals surface area contributed by atoms with Crippen molar-refractivity contribution >= 4 is 11.3 Å². The highest BCUT2D eigenvalue weighted by atomic mass is 32.1. The standard InChI is InChI=1S/C8H15N3S/c1-6-7(4-9)12-8(10-6)5-11(2)3/h4-5,9H2,1-3H3. The van der Waals surface area contributed by atoms with Crippen LogP contribution in [-0.2, 0) is 13.1 Å². The van der Waals surface area contributed by atoms with Gasteiger partial charge in [0.15, 0.2) is 0 Å². The number of thiazole rings is 1. The van der Waals surface area contributed by atoms with Gasteiger partial charge in [-0.25, -0.2) is 4.98 Å². The molecule has 4 heteroatoms. The molecule has 2 N–H and O–H groups in total. The van der Waals surface area contributed by atoms with Crippen LogP contribution in [0.4, 0.5) is 0 Å². The van der Waals surface area contributed by atoms with Crippen LogP contribution in [0.5, 0.6) is 0 Å². The molecule has 0 aliphatic carbocycles. The van der Waals surface area contributed by atoms with Gasteiger partial charge < -0.3 is 10.6 Å². The molecule has 0 radical (unpaired) electrons. The van der Waals surface area contributed by atoms with Crippen LogP contribution in [0.15, 0.2) is 0 Å². The molecule has 0 spiro atoms. The second-order valence-corrected chi connectivity index (χ2v) is 4.23. The maximum Gasteiger partial charge on any atom is 0.107 e. The SMILES string of the molecule is Cc1nc(CN(C)C)sc1CN. The molecule has 0 unspecified atom stereocenters. The molecule has 0 atom stereocenters. The summed E-state index contributed by atoms with van der Waals surface area (Å²) in [6.07, 6.45) is 0. The molecular weight excluding hydrogens is 170 g/mol. The third kappa shape index (κ3) is 2.27. The first-order chi connectivity index (χ1) is 5.63. The van der Waals surface area contributed by atoms with E-state index in [1.807, 2.05) is 21.0 Å². The van der Waals surface area contributed by atoms with E-state index in [1.54, 1.807) is 11.3 Å². The highest BCUT2D eigenvalue weighted by Crippen LogP contribution is 2.17. The van der Waals surface area contributed by atoms with Crippen molar-refractivity contribution in [2.24, 2.45) is 5.73 Å². The second-order valence-electron chi connectivity index (χ2n) is 3.06. The molecule has 0 aromatic carbocycles. The van der Waals surface area contributed by atoms with Crippen molar-refractivity contribution in [3.63, 3.8) is 0 Å². The van der Waals surface area contributed by atoms with Crippen LogP contribution in [0, 0.1) is 6.92 Å². The van der Waals surface area contributed by atoms with Gasteiger partial charge in [0.1, 0.15) is 5.01 Å². The minimum absolute atomic E-state index is 0.608. The number of nitrogens with zero attached hydrogens (tertiary/aromatic N) is 2. The number of aryl methyl sites for hydroxylation is 1. The maximum absolute atomic E-state index is 5.55. The van der Waals surface area contributed by atoms with Gasteiger partial charge in [0.25, 0.3) is 0 Å². The van der Waals surface area contributed by atoms with Crippen molar-refractivity contribution in [3.05, 3.63) is 15.6 Å². The molecule has 0 aliphatic heterocycles. The van der Waals surface area contributed by atoms with E-state index in [0.717, 1.165) is 17.2 Å². The molecule has 1 heterocycles. The zero-order valence-electron chi connectivity index (χ0n) is 7.79. The van der Waals surface area contributed by atoms with Crippen molar-refractivity contribution in [2.45, 2.75) is 20.0 Å². The van der Waals surface area contributed by atoms with E-state index >= 15 is 0 Å². The van der Waals surface area contributed by atoms with Crippen LogP contribution in [0.25, 0.3) is 0 Å². The molecule has 68 valence electrons. The third-order valence-electron chi connectivity index (χ3n) is 1.57. The summed E-state index contributed by atoms with van der Waals surface area (Å²) in [5.41, 5.74) is 6.63. The van der Waals surface area contributed by atoms with Gasteiger partial charge in [-0.3, -0.25) is 0 Å². The molecule has 0 aliphatic rings. The fourth-order valence-electron chi connectivity index (χ4n) is 1.02. The van der Waals surface area contributed by atoms with E-state index in [1.165, 1.54) is 4.88 Å².